The van der Waals surface area contributed by atoms with Gasteiger partial charge in [-0.2, -0.15) is 0 Å². The average Bonchev–Trinajstić information content (AvgIpc) is 2.65. The number of nitrogens with one attached hydrogen (secondary N) is 1. The largest absolute Gasteiger partial charge is 0.474 e. The summed E-state index contributed by atoms with van der Waals surface area (Å²) in [6.45, 7) is 0. The number of ether oxygens (including phenoxy) is 1. The molecule has 0 saturated heterocycles. The zero-order valence-corrected chi connectivity index (χ0v) is 15.6. The van der Waals surface area contributed by atoms with Crippen LogP contribution < -0.4 is 15.8 Å². The summed E-state index contributed by atoms with van der Waals surface area (Å²) in [5.74, 6) is 0.0526. The maximum absolute atomic E-state index is 13.3. The van der Waals surface area contributed by atoms with Crippen molar-refractivity contribution in [2.75, 3.05) is 5.32 Å². The van der Waals surface area contributed by atoms with Crippen LogP contribution in [-0.4, -0.2) is 33.0 Å². The van der Waals surface area contributed by atoms with Gasteiger partial charge in [0.2, 0.25) is 11.8 Å². The number of amides is 1. The number of fused-ring (bicyclic) bond motifs is 1. The molecule has 8 heteroatoms. The highest BCUT2D eigenvalue weighted by atomic mass is 19.1. The number of hydrogen-bond donors (Lipinski definition) is 2. The molecule has 2 aliphatic rings. The van der Waals surface area contributed by atoms with E-state index in [1.807, 2.05) is 0 Å². The van der Waals surface area contributed by atoms with Crippen molar-refractivity contribution in [3.05, 3.63) is 54.1 Å². The monoisotopic (exact) mass is 393 g/mol. The van der Waals surface area contributed by atoms with Gasteiger partial charge in [0.05, 0.1) is 5.52 Å². The first kappa shape index (κ1) is 17.8. The molecule has 3 aromatic rings. The van der Waals surface area contributed by atoms with Crippen LogP contribution in [0.2, 0.25) is 0 Å². The topological polar surface area (TPSA) is 103 Å². The lowest BCUT2D eigenvalue weighted by molar-refractivity contribution is -0.0760. The van der Waals surface area contributed by atoms with Gasteiger partial charge in [0.1, 0.15) is 17.5 Å². The molecule has 0 atom stereocenters. The summed E-state index contributed by atoms with van der Waals surface area (Å²) in [5, 5.41) is 4.05. The zero-order valence-electron chi connectivity index (χ0n) is 15.6. The molecule has 3 N–H and O–H groups in total. The SMILES string of the molecule is NC(=O)c1cccnc1OC1CC2(CC(Nc3ncc4cc(F)ccc4n3)C2)C1. The maximum atomic E-state index is 13.3. The molecule has 5 rings (SSSR count). The molecule has 29 heavy (non-hydrogen) atoms. The molecule has 0 bridgehead atoms. The molecule has 2 aliphatic carbocycles. The Labute approximate surface area is 166 Å². The molecule has 1 amide bonds. The van der Waals surface area contributed by atoms with Gasteiger partial charge in [0, 0.05) is 23.8 Å². The van der Waals surface area contributed by atoms with Crippen molar-refractivity contribution in [3.8, 4) is 5.88 Å². The standard InChI is InChI=1S/C21H20FN5O2/c22-13-3-4-17-12(6-13)11-25-20(27-17)26-14-7-21(8-14)9-15(10-21)29-19-16(18(23)28)2-1-5-24-19/h1-6,11,14-15H,7-10H2,(H2,23,28)(H,25,26,27). The summed E-state index contributed by atoms with van der Waals surface area (Å²) in [4.78, 5) is 24.4. The smallest absolute Gasteiger partial charge is 0.254 e. The van der Waals surface area contributed by atoms with Crippen LogP contribution in [0.3, 0.4) is 0 Å². The number of nitrogens with zero attached hydrogens (tertiary/aromatic N) is 3. The summed E-state index contributed by atoms with van der Waals surface area (Å²) >= 11 is 0. The van der Waals surface area contributed by atoms with E-state index >= 15 is 0 Å². The lowest BCUT2D eigenvalue weighted by Crippen LogP contribution is -2.56. The van der Waals surface area contributed by atoms with Crippen molar-refractivity contribution in [2.45, 2.75) is 37.8 Å². The highest BCUT2D eigenvalue weighted by Crippen LogP contribution is 2.57. The number of anilines is 1. The summed E-state index contributed by atoms with van der Waals surface area (Å²) < 4.78 is 19.2. The number of rotatable bonds is 5. The number of primary amides is 1. The van der Waals surface area contributed by atoms with Crippen molar-refractivity contribution in [1.29, 1.82) is 0 Å². The number of aromatic nitrogens is 3. The van der Waals surface area contributed by atoms with Gasteiger partial charge in [-0.25, -0.2) is 19.3 Å². The minimum atomic E-state index is -0.534. The Morgan fingerprint density at radius 3 is 2.83 bits per heavy atom. The predicted molar refractivity (Wildman–Crippen MR) is 105 cm³/mol. The summed E-state index contributed by atoms with van der Waals surface area (Å²) in [7, 11) is 0. The van der Waals surface area contributed by atoms with E-state index in [4.69, 9.17) is 10.5 Å². The quantitative estimate of drug-likeness (QED) is 0.691. The van der Waals surface area contributed by atoms with Crippen molar-refractivity contribution >= 4 is 22.8 Å². The lowest BCUT2D eigenvalue weighted by Gasteiger charge is -2.57. The molecule has 2 fully saturated rings. The van der Waals surface area contributed by atoms with Gasteiger partial charge in [-0.15, -0.1) is 0 Å². The van der Waals surface area contributed by atoms with Gasteiger partial charge in [-0.3, -0.25) is 4.79 Å². The lowest BCUT2D eigenvalue weighted by atomic mass is 9.53. The van der Waals surface area contributed by atoms with Crippen molar-refractivity contribution in [1.82, 2.24) is 15.0 Å². The minimum absolute atomic E-state index is 0.0516. The van der Waals surface area contributed by atoms with E-state index in [0.29, 0.717) is 28.8 Å². The van der Waals surface area contributed by atoms with Crippen LogP contribution >= 0.6 is 0 Å². The van der Waals surface area contributed by atoms with E-state index in [1.165, 1.54) is 12.1 Å². The Morgan fingerprint density at radius 2 is 2.03 bits per heavy atom. The third-order valence-electron chi connectivity index (χ3n) is 5.87. The van der Waals surface area contributed by atoms with Gasteiger partial charge in [0.25, 0.3) is 5.91 Å². The van der Waals surface area contributed by atoms with Crippen molar-refractivity contribution < 1.29 is 13.9 Å². The predicted octanol–water partition coefficient (Wildman–Crippen LogP) is 3.06. The van der Waals surface area contributed by atoms with Crippen molar-refractivity contribution in [3.63, 3.8) is 0 Å². The summed E-state index contributed by atoms with van der Waals surface area (Å²) in [6.07, 6.45) is 7.17. The number of carbonyl (C=O) groups excluding carboxylic acids is 1. The fourth-order valence-electron chi connectivity index (χ4n) is 4.50. The second kappa shape index (κ2) is 6.65. The van der Waals surface area contributed by atoms with E-state index < -0.39 is 5.91 Å². The summed E-state index contributed by atoms with van der Waals surface area (Å²) in [5.41, 5.74) is 6.68. The van der Waals surface area contributed by atoms with E-state index in [2.05, 4.69) is 20.3 Å². The highest BCUT2D eigenvalue weighted by Gasteiger charge is 2.54. The first-order valence-electron chi connectivity index (χ1n) is 9.60. The molecule has 0 aliphatic heterocycles. The van der Waals surface area contributed by atoms with Gasteiger partial charge >= 0.3 is 0 Å². The van der Waals surface area contributed by atoms with Crippen molar-refractivity contribution in [2.24, 2.45) is 11.1 Å². The van der Waals surface area contributed by atoms with E-state index in [1.54, 1.807) is 30.6 Å². The zero-order chi connectivity index (χ0) is 20.0. The number of hydrogen-bond acceptors (Lipinski definition) is 6. The second-order valence-electron chi connectivity index (χ2n) is 8.01. The summed E-state index contributed by atoms with van der Waals surface area (Å²) in [6, 6.07) is 8.09. The Hall–Kier alpha value is -3.29. The number of carbonyl (C=O) groups is 1. The van der Waals surface area contributed by atoms with Gasteiger partial charge < -0.3 is 15.8 Å². The van der Waals surface area contributed by atoms with Crippen LogP contribution in [0.5, 0.6) is 5.88 Å². The first-order chi connectivity index (χ1) is 14.0. The molecule has 1 spiro atoms. The van der Waals surface area contributed by atoms with Gasteiger partial charge in [0.15, 0.2) is 0 Å². The van der Waals surface area contributed by atoms with Crippen LogP contribution in [0.25, 0.3) is 10.9 Å². The van der Waals surface area contributed by atoms with Gasteiger partial charge in [-0.05, 0) is 61.4 Å². The maximum Gasteiger partial charge on any atom is 0.254 e. The van der Waals surface area contributed by atoms with Crippen LogP contribution in [0.4, 0.5) is 10.3 Å². The molecule has 2 aromatic heterocycles. The highest BCUT2D eigenvalue weighted by molar-refractivity contribution is 5.94. The Morgan fingerprint density at radius 1 is 1.21 bits per heavy atom. The average molecular weight is 393 g/mol. The Bertz CT molecular complexity index is 1090. The first-order valence-corrected chi connectivity index (χ1v) is 9.60. The van der Waals surface area contributed by atoms with E-state index in [-0.39, 0.29) is 17.3 Å². The fourth-order valence-corrected chi connectivity index (χ4v) is 4.50. The third-order valence-corrected chi connectivity index (χ3v) is 5.87. The van der Waals surface area contributed by atoms with Crippen LogP contribution in [0.15, 0.2) is 42.7 Å². The molecule has 2 saturated carbocycles. The minimum Gasteiger partial charge on any atom is -0.474 e. The molecular weight excluding hydrogens is 373 g/mol. The van der Waals surface area contributed by atoms with Crippen LogP contribution in [-0.2, 0) is 0 Å². The Balaban J connectivity index is 1.16. The Kier molecular flexibility index (Phi) is 4.08. The molecule has 2 heterocycles. The van der Waals surface area contributed by atoms with Crippen LogP contribution in [0.1, 0.15) is 36.0 Å². The molecular formula is C21H20FN5O2. The number of nitrogens with two attached hydrogens (primary N) is 1. The van der Waals surface area contributed by atoms with E-state index in [9.17, 15) is 9.18 Å². The fraction of sp³-hybridized carbons (Fsp3) is 0.333. The number of pyridine rings is 1. The molecule has 148 valence electrons. The normalized spacial score (nSPS) is 25.3. The molecule has 0 unspecified atom stereocenters. The van der Waals surface area contributed by atoms with Gasteiger partial charge in [-0.1, -0.05) is 0 Å². The van der Waals surface area contributed by atoms with E-state index in [0.717, 1.165) is 31.2 Å². The second-order valence-corrected chi connectivity index (χ2v) is 8.01. The van der Waals surface area contributed by atoms with Crippen LogP contribution in [0, 0.1) is 11.2 Å². The third kappa shape index (κ3) is 3.35. The molecule has 1 aromatic carbocycles. The molecule has 7 nitrogen and oxygen atoms in total. The number of halogens is 1. The molecule has 0 radical (unpaired) electrons. The number of benzene rings is 1.